The zero-order chi connectivity index (χ0) is 14.4. The Kier molecular flexibility index (Phi) is 6.12. The number of carbonyl (C=O) groups is 1. The van der Waals surface area contributed by atoms with Gasteiger partial charge in [-0.25, -0.2) is 4.79 Å². The quantitative estimate of drug-likeness (QED) is 0.816. The number of hydrogen-bond donors (Lipinski definition) is 1. The molecule has 0 bridgehead atoms. The van der Waals surface area contributed by atoms with Gasteiger partial charge in [-0.05, 0) is 38.5 Å². The number of ether oxygens (including phenoxy) is 2. The SMILES string of the molecule is CCOC(=O)C(CC)Oc1ccc(Cl)cc1[C@H](C)N. The molecule has 2 atom stereocenters. The van der Waals surface area contributed by atoms with Crippen LogP contribution < -0.4 is 10.5 Å². The molecule has 4 nitrogen and oxygen atoms in total. The number of nitrogens with two attached hydrogens (primary N) is 1. The third-order valence-corrected chi connectivity index (χ3v) is 2.89. The van der Waals surface area contributed by atoms with Crippen molar-refractivity contribution in [2.45, 2.75) is 39.3 Å². The van der Waals surface area contributed by atoms with Crippen molar-refractivity contribution in [3.63, 3.8) is 0 Å². The Morgan fingerprint density at radius 3 is 2.63 bits per heavy atom. The van der Waals surface area contributed by atoms with Crippen molar-refractivity contribution in [1.82, 2.24) is 0 Å². The lowest BCUT2D eigenvalue weighted by atomic mass is 10.1. The molecule has 5 heteroatoms. The third-order valence-electron chi connectivity index (χ3n) is 2.65. The number of halogens is 1. The van der Waals surface area contributed by atoms with Crippen LogP contribution in [0.15, 0.2) is 18.2 Å². The van der Waals surface area contributed by atoms with Crippen LogP contribution in [0.1, 0.15) is 38.8 Å². The van der Waals surface area contributed by atoms with Crippen molar-refractivity contribution < 1.29 is 14.3 Å². The van der Waals surface area contributed by atoms with E-state index in [1.807, 2.05) is 13.8 Å². The Morgan fingerprint density at radius 1 is 1.42 bits per heavy atom. The molecule has 1 rings (SSSR count). The van der Waals surface area contributed by atoms with Crippen molar-refractivity contribution in [3.8, 4) is 5.75 Å². The van der Waals surface area contributed by atoms with Crippen LogP contribution in [0.5, 0.6) is 5.75 Å². The van der Waals surface area contributed by atoms with E-state index in [4.69, 9.17) is 26.8 Å². The highest BCUT2D eigenvalue weighted by Crippen LogP contribution is 2.28. The Hall–Kier alpha value is -1.26. The molecule has 0 spiro atoms. The average molecular weight is 286 g/mol. The molecular weight excluding hydrogens is 266 g/mol. The monoisotopic (exact) mass is 285 g/mol. The molecule has 0 heterocycles. The van der Waals surface area contributed by atoms with E-state index in [1.165, 1.54) is 0 Å². The zero-order valence-electron chi connectivity index (χ0n) is 11.5. The minimum atomic E-state index is -0.626. The molecule has 0 aliphatic rings. The summed E-state index contributed by atoms with van der Waals surface area (Å²) in [6.45, 7) is 5.80. The highest BCUT2D eigenvalue weighted by Gasteiger charge is 2.21. The van der Waals surface area contributed by atoms with Gasteiger partial charge in [0.05, 0.1) is 6.61 Å². The molecule has 19 heavy (non-hydrogen) atoms. The van der Waals surface area contributed by atoms with Crippen LogP contribution in [0.25, 0.3) is 0 Å². The molecule has 0 radical (unpaired) electrons. The molecule has 1 aromatic carbocycles. The Balaban J connectivity index is 2.93. The number of hydrogen-bond acceptors (Lipinski definition) is 4. The maximum Gasteiger partial charge on any atom is 0.347 e. The van der Waals surface area contributed by atoms with Crippen LogP contribution in [-0.2, 0) is 9.53 Å². The first-order valence-electron chi connectivity index (χ1n) is 6.37. The van der Waals surface area contributed by atoms with Gasteiger partial charge in [0, 0.05) is 16.6 Å². The molecule has 0 fully saturated rings. The summed E-state index contributed by atoms with van der Waals surface area (Å²) in [4.78, 5) is 11.7. The van der Waals surface area contributed by atoms with E-state index in [0.717, 1.165) is 5.56 Å². The van der Waals surface area contributed by atoms with Gasteiger partial charge in [0.25, 0.3) is 0 Å². The van der Waals surface area contributed by atoms with Crippen molar-refractivity contribution in [1.29, 1.82) is 0 Å². The first-order valence-corrected chi connectivity index (χ1v) is 6.75. The highest BCUT2D eigenvalue weighted by molar-refractivity contribution is 6.30. The Bertz CT molecular complexity index is 435. The van der Waals surface area contributed by atoms with E-state index in [0.29, 0.717) is 23.8 Å². The molecule has 0 aliphatic heterocycles. The highest BCUT2D eigenvalue weighted by atomic mass is 35.5. The minimum absolute atomic E-state index is 0.228. The smallest absolute Gasteiger partial charge is 0.347 e. The fourth-order valence-electron chi connectivity index (χ4n) is 1.67. The van der Waals surface area contributed by atoms with Crippen LogP contribution in [0, 0.1) is 0 Å². The van der Waals surface area contributed by atoms with Gasteiger partial charge in [0.1, 0.15) is 5.75 Å². The first-order chi connectivity index (χ1) is 8.99. The van der Waals surface area contributed by atoms with E-state index in [-0.39, 0.29) is 12.0 Å². The van der Waals surface area contributed by atoms with Crippen LogP contribution >= 0.6 is 11.6 Å². The van der Waals surface area contributed by atoms with Crippen LogP contribution in [0.2, 0.25) is 5.02 Å². The van der Waals surface area contributed by atoms with E-state index in [9.17, 15) is 4.79 Å². The topological polar surface area (TPSA) is 61.5 Å². The lowest BCUT2D eigenvalue weighted by Gasteiger charge is -2.19. The van der Waals surface area contributed by atoms with Gasteiger partial charge in [-0.1, -0.05) is 18.5 Å². The maximum absolute atomic E-state index is 11.7. The van der Waals surface area contributed by atoms with Gasteiger partial charge in [-0.2, -0.15) is 0 Å². The average Bonchev–Trinajstić information content (AvgIpc) is 2.37. The molecule has 2 N–H and O–H groups in total. The largest absolute Gasteiger partial charge is 0.478 e. The lowest BCUT2D eigenvalue weighted by molar-refractivity contribution is -0.151. The van der Waals surface area contributed by atoms with Gasteiger partial charge in [0.2, 0.25) is 0 Å². The molecule has 106 valence electrons. The summed E-state index contributed by atoms with van der Waals surface area (Å²) in [7, 11) is 0. The second kappa shape index (κ2) is 7.36. The summed E-state index contributed by atoms with van der Waals surface area (Å²) in [6, 6.07) is 4.96. The van der Waals surface area contributed by atoms with Gasteiger partial charge in [0.15, 0.2) is 6.10 Å². The summed E-state index contributed by atoms with van der Waals surface area (Å²) in [5.74, 6) is 0.204. The van der Waals surface area contributed by atoms with Crippen LogP contribution in [0.4, 0.5) is 0 Å². The normalized spacial score (nSPS) is 13.7. The molecular formula is C14H20ClNO3. The van der Waals surface area contributed by atoms with Crippen LogP contribution in [0.3, 0.4) is 0 Å². The second-order valence-electron chi connectivity index (χ2n) is 4.24. The van der Waals surface area contributed by atoms with Crippen molar-refractivity contribution in [2.75, 3.05) is 6.61 Å². The minimum Gasteiger partial charge on any atom is -0.478 e. The van der Waals surface area contributed by atoms with Crippen molar-refractivity contribution >= 4 is 17.6 Å². The number of esters is 1. The predicted octanol–water partition coefficient (Wildman–Crippen LogP) is 3.08. The van der Waals surface area contributed by atoms with E-state index >= 15 is 0 Å². The first kappa shape index (κ1) is 15.8. The molecule has 0 aromatic heterocycles. The van der Waals surface area contributed by atoms with Gasteiger partial charge in [-0.3, -0.25) is 0 Å². The number of rotatable bonds is 6. The number of benzene rings is 1. The Labute approximate surface area is 118 Å². The summed E-state index contributed by atoms with van der Waals surface area (Å²) >= 11 is 5.94. The third kappa shape index (κ3) is 4.40. The van der Waals surface area contributed by atoms with Gasteiger partial charge < -0.3 is 15.2 Å². The fraction of sp³-hybridized carbons (Fsp3) is 0.500. The van der Waals surface area contributed by atoms with Crippen molar-refractivity contribution in [2.24, 2.45) is 5.73 Å². The summed E-state index contributed by atoms with van der Waals surface area (Å²) in [5.41, 5.74) is 6.65. The van der Waals surface area contributed by atoms with Crippen molar-refractivity contribution in [3.05, 3.63) is 28.8 Å². The summed E-state index contributed by atoms with van der Waals surface area (Å²) in [5, 5.41) is 0.587. The molecule has 1 aromatic rings. The lowest BCUT2D eigenvalue weighted by Crippen LogP contribution is -2.29. The van der Waals surface area contributed by atoms with Gasteiger partial charge in [-0.15, -0.1) is 0 Å². The van der Waals surface area contributed by atoms with E-state index in [1.54, 1.807) is 25.1 Å². The van der Waals surface area contributed by atoms with E-state index < -0.39 is 6.10 Å². The van der Waals surface area contributed by atoms with E-state index in [2.05, 4.69) is 0 Å². The molecule has 0 aliphatic carbocycles. The number of carbonyl (C=O) groups excluding carboxylic acids is 1. The summed E-state index contributed by atoms with van der Waals surface area (Å²) < 4.78 is 10.7. The standard InChI is InChI=1S/C14H20ClNO3/c1-4-12(14(17)18-5-2)19-13-7-6-10(15)8-11(13)9(3)16/h6-9,12H,4-5,16H2,1-3H3/t9-,12?/m0/s1. The molecule has 1 unspecified atom stereocenters. The van der Waals surface area contributed by atoms with Crippen LogP contribution in [-0.4, -0.2) is 18.7 Å². The maximum atomic E-state index is 11.7. The summed E-state index contributed by atoms with van der Waals surface area (Å²) in [6.07, 6.45) is -0.0986. The molecule has 0 amide bonds. The fourth-order valence-corrected chi connectivity index (χ4v) is 1.85. The molecule has 0 saturated heterocycles. The zero-order valence-corrected chi connectivity index (χ0v) is 12.2. The molecule has 0 saturated carbocycles. The van der Waals surface area contributed by atoms with Gasteiger partial charge >= 0.3 is 5.97 Å². The second-order valence-corrected chi connectivity index (χ2v) is 4.67. The predicted molar refractivity (Wildman–Crippen MR) is 75.4 cm³/mol. The Morgan fingerprint density at radius 2 is 2.11 bits per heavy atom.